The quantitative estimate of drug-likeness (QED) is 0.755. The summed E-state index contributed by atoms with van der Waals surface area (Å²) < 4.78 is 17.0. The van der Waals surface area contributed by atoms with Gasteiger partial charge in [0.1, 0.15) is 11.6 Å². The minimum Gasteiger partial charge on any atom is -0.375 e. The molecule has 0 radical (unpaired) electrons. The van der Waals surface area contributed by atoms with Crippen molar-refractivity contribution in [3.05, 3.63) is 53.6 Å². The number of hydrogen-bond donors (Lipinski definition) is 1. The van der Waals surface area contributed by atoms with Crippen LogP contribution in [0.25, 0.3) is 5.69 Å². The van der Waals surface area contributed by atoms with E-state index in [1.807, 2.05) is 23.2 Å². The van der Waals surface area contributed by atoms with Gasteiger partial charge in [0.25, 0.3) is 0 Å². The topological polar surface area (TPSA) is 60.6 Å². The van der Waals surface area contributed by atoms with Crippen LogP contribution in [-0.2, 0) is 20.0 Å². The Kier molecular flexibility index (Phi) is 4.59. The number of aromatic nitrogens is 5. The molecule has 7 heteroatoms. The van der Waals surface area contributed by atoms with Crippen LogP contribution >= 0.6 is 0 Å². The molecular formula is C17H21FN6. The molecule has 6 nitrogen and oxygen atoms in total. The van der Waals surface area contributed by atoms with Crippen molar-refractivity contribution in [3.8, 4) is 5.69 Å². The van der Waals surface area contributed by atoms with Crippen LogP contribution in [0.2, 0.25) is 0 Å². The molecule has 3 aromatic rings. The summed E-state index contributed by atoms with van der Waals surface area (Å²) in [5, 5.41) is 16.1. The second kappa shape index (κ2) is 6.82. The summed E-state index contributed by atoms with van der Waals surface area (Å²) in [5.41, 5.74) is 2.88. The first-order valence-electron chi connectivity index (χ1n) is 8.01. The maximum Gasteiger partial charge on any atom is 0.152 e. The number of halogens is 1. The van der Waals surface area contributed by atoms with Gasteiger partial charge in [0.05, 0.1) is 29.8 Å². The Balaban J connectivity index is 1.85. The molecule has 1 aromatic carbocycles. The van der Waals surface area contributed by atoms with E-state index in [0.717, 1.165) is 41.6 Å². The third-order valence-corrected chi connectivity index (χ3v) is 4.05. The number of anilines is 1. The lowest BCUT2D eigenvalue weighted by atomic mass is 10.2. The summed E-state index contributed by atoms with van der Waals surface area (Å²) in [6.07, 6.45) is 3.67. The SMILES string of the molecule is CCCc1c(NCc2nnc(C)n2C)cnn1-c1ccc(F)cc1. The Labute approximate surface area is 140 Å². The molecule has 0 aliphatic heterocycles. The van der Waals surface area contributed by atoms with Crippen LogP contribution in [0.5, 0.6) is 0 Å². The van der Waals surface area contributed by atoms with Crippen LogP contribution in [-0.4, -0.2) is 24.5 Å². The summed E-state index contributed by atoms with van der Waals surface area (Å²) in [4.78, 5) is 0. The first kappa shape index (κ1) is 16.2. The standard InChI is InChI=1S/C17H21FN6/c1-4-5-16-15(19-11-17-22-21-12(2)23(17)3)10-20-24(16)14-8-6-13(18)7-9-14/h6-10,19H,4-5,11H2,1-3H3. The van der Waals surface area contributed by atoms with E-state index < -0.39 is 0 Å². The predicted octanol–water partition coefficient (Wildman–Crippen LogP) is 3.01. The smallest absolute Gasteiger partial charge is 0.152 e. The highest BCUT2D eigenvalue weighted by Crippen LogP contribution is 2.22. The Hall–Kier alpha value is -2.70. The zero-order valence-corrected chi connectivity index (χ0v) is 14.1. The Morgan fingerprint density at radius 1 is 1.17 bits per heavy atom. The molecule has 0 saturated carbocycles. The van der Waals surface area contributed by atoms with E-state index in [1.54, 1.807) is 18.3 Å². The van der Waals surface area contributed by atoms with Gasteiger partial charge in [-0.2, -0.15) is 5.10 Å². The molecule has 1 N–H and O–H groups in total. The Morgan fingerprint density at radius 2 is 1.92 bits per heavy atom. The van der Waals surface area contributed by atoms with E-state index in [9.17, 15) is 4.39 Å². The average Bonchev–Trinajstić information content (AvgIpc) is 3.12. The van der Waals surface area contributed by atoms with Crippen LogP contribution in [0.4, 0.5) is 10.1 Å². The van der Waals surface area contributed by atoms with Crippen molar-refractivity contribution in [1.29, 1.82) is 0 Å². The number of rotatable bonds is 6. The first-order chi connectivity index (χ1) is 11.6. The number of aryl methyl sites for hydroxylation is 1. The van der Waals surface area contributed by atoms with Gasteiger partial charge >= 0.3 is 0 Å². The van der Waals surface area contributed by atoms with Gasteiger partial charge in [-0.05, 0) is 37.6 Å². The Morgan fingerprint density at radius 3 is 2.54 bits per heavy atom. The minimum atomic E-state index is -0.251. The third-order valence-electron chi connectivity index (χ3n) is 4.05. The van der Waals surface area contributed by atoms with Gasteiger partial charge in [0.15, 0.2) is 5.82 Å². The van der Waals surface area contributed by atoms with Crippen LogP contribution < -0.4 is 5.32 Å². The lowest BCUT2D eigenvalue weighted by Crippen LogP contribution is -2.09. The zero-order chi connectivity index (χ0) is 17.1. The molecule has 0 amide bonds. The average molecular weight is 328 g/mol. The molecule has 0 saturated heterocycles. The molecule has 0 bridgehead atoms. The van der Waals surface area contributed by atoms with E-state index in [2.05, 4.69) is 27.5 Å². The van der Waals surface area contributed by atoms with Crippen LogP contribution in [0.1, 0.15) is 30.7 Å². The largest absolute Gasteiger partial charge is 0.375 e. The maximum atomic E-state index is 13.1. The summed E-state index contributed by atoms with van der Waals surface area (Å²) >= 11 is 0. The van der Waals surface area contributed by atoms with Crippen molar-refractivity contribution in [1.82, 2.24) is 24.5 Å². The molecular weight excluding hydrogens is 307 g/mol. The van der Waals surface area contributed by atoms with Crippen molar-refractivity contribution in [2.24, 2.45) is 7.05 Å². The van der Waals surface area contributed by atoms with Crippen LogP contribution in [0, 0.1) is 12.7 Å². The van der Waals surface area contributed by atoms with Crippen LogP contribution in [0.15, 0.2) is 30.5 Å². The van der Waals surface area contributed by atoms with Crippen LogP contribution in [0.3, 0.4) is 0 Å². The molecule has 0 atom stereocenters. The number of hydrogen-bond acceptors (Lipinski definition) is 4. The predicted molar refractivity (Wildman–Crippen MR) is 90.6 cm³/mol. The summed E-state index contributed by atoms with van der Waals surface area (Å²) in [6, 6.07) is 6.36. The fraction of sp³-hybridized carbons (Fsp3) is 0.353. The zero-order valence-electron chi connectivity index (χ0n) is 14.1. The maximum absolute atomic E-state index is 13.1. The summed E-state index contributed by atoms with van der Waals surface area (Å²) in [7, 11) is 1.95. The van der Waals surface area contributed by atoms with Gasteiger partial charge in [0, 0.05) is 7.05 Å². The highest BCUT2D eigenvalue weighted by atomic mass is 19.1. The molecule has 0 spiro atoms. The number of benzene rings is 1. The monoisotopic (exact) mass is 328 g/mol. The molecule has 24 heavy (non-hydrogen) atoms. The van der Waals surface area contributed by atoms with E-state index in [-0.39, 0.29) is 5.82 Å². The molecule has 3 rings (SSSR count). The van der Waals surface area contributed by atoms with Crippen molar-refractivity contribution < 1.29 is 4.39 Å². The second-order valence-corrected chi connectivity index (χ2v) is 5.72. The van der Waals surface area contributed by atoms with Crippen molar-refractivity contribution >= 4 is 5.69 Å². The molecule has 0 unspecified atom stereocenters. The van der Waals surface area contributed by atoms with Gasteiger partial charge in [-0.1, -0.05) is 13.3 Å². The highest BCUT2D eigenvalue weighted by Gasteiger charge is 2.13. The molecule has 0 aliphatic carbocycles. The highest BCUT2D eigenvalue weighted by molar-refractivity contribution is 5.50. The molecule has 2 aromatic heterocycles. The number of nitrogens with zero attached hydrogens (tertiary/aromatic N) is 5. The summed E-state index contributed by atoms with van der Waals surface area (Å²) in [6.45, 7) is 4.62. The molecule has 126 valence electrons. The third kappa shape index (κ3) is 3.15. The van der Waals surface area contributed by atoms with Gasteiger partial charge in [0.2, 0.25) is 0 Å². The van der Waals surface area contributed by atoms with Crippen molar-refractivity contribution in [2.75, 3.05) is 5.32 Å². The Bertz CT molecular complexity index is 818. The van der Waals surface area contributed by atoms with Gasteiger partial charge < -0.3 is 9.88 Å². The van der Waals surface area contributed by atoms with Gasteiger partial charge in [-0.3, -0.25) is 0 Å². The molecule has 0 fully saturated rings. The summed E-state index contributed by atoms with van der Waals surface area (Å²) in [5.74, 6) is 1.49. The van der Waals surface area contributed by atoms with Gasteiger partial charge in [-0.25, -0.2) is 9.07 Å². The first-order valence-corrected chi connectivity index (χ1v) is 8.01. The van der Waals surface area contributed by atoms with Crippen molar-refractivity contribution in [2.45, 2.75) is 33.2 Å². The minimum absolute atomic E-state index is 0.251. The molecule has 2 heterocycles. The lowest BCUT2D eigenvalue weighted by molar-refractivity contribution is 0.626. The normalized spacial score (nSPS) is 11.0. The lowest BCUT2D eigenvalue weighted by Gasteiger charge is -2.10. The van der Waals surface area contributed by atoms with E-state index in [0.29, 0.717) is 6.54 Å². The van der Waals surface area contributed by atoms with Crippen molar-refractivity contribution in [3.63, 3.8) is 0 Å². The van der Waals surface area contributed by atoms with E-state index in [4.69, 9.17) is 0 Å². The number of nitrogens with one attached hydrogen (secondary N) is 1. The van der Waals surface area contributed by atoms with Gasteiger partial charge in [-0.15, -0.1) is 10.2 Å². The van der Waals surface area contributed by atoms with E-state index >= 15 is 0 Å². The fourth-order valence-electron chi connectivity index (χ4n) is 2.58. The molecule has 0 aliphatic rings. The van der Waals surface area contributed by atoms with E-state index in [1.165, 1.54) is 12.1 Å². The second-order valence-electron chi connectivity index (χ2n) is 5.72. The fourth-order valence-corrected chi connectivity index (χ4v) is 2.58.